The van der Waals surface area contributed by atoms with E-state index in [-0.39, 0.29) is 11.6 Å². The monoisotopic (exact) mass is 400 g/mol. The van der Waals surface area contributed by atoms with Crippen LogP contribution in [0.4, 0.5) is 5.69 Å². The zero-order valence-corrected chi connectivity index (χ0v) is 16.0. The summed E-state index contributed by atoms with van der Waals surface area (Å²) in [7, 11) is 0. The lowest BCUT2D eigenvalue weighted by molar-refractivity contribution is -0.117. The maximum absolute atomic E-state index is 12.4. The summed E-state index contributed by atoms with van der Waals surface area (Å²) >= 11 is 6.08. The van der Waals surface area contributed by atoms with E-state index in [4.69, 9.17) is 11.6 Å². The molecule has 1 aliphatic heterocycles. The Kier molecular flexibility index (Phi) is 5.43. The minimum atomic E-state index is -0.142. The molecule has 1 N–H and O–H groups in total. The number of hydrogen-bond acceptors (Lipinski definition) is 5. The molecule has 1 aromatic carbocycles. The average molecular weight is 401 g/mol. The molecule has 0 radical (unpaired) electrons. The molecule has 0 spiro atoms. The van der Waals surface area contributed by atoms with Gasteiger partial charge in [0, 0.05) is 32.4 Å². The highest BCUT2D eigenvalue weighted by atomic mass is 35.5. The molecule has 3 heterocycles. The maximum atomic E-state index is 12.4. The Morgan fingerprint density at radius 3 is 2.50 bits per heavy atom. The van der Waals surface area contributed by atoms with Crippen LogP contribution in [0.25, 0.3) is 5.65 Å². The summed E-state index contributed by atoms with van der Waals surface area (Å²) in [6.45, 7) is 3.78. The number of hydrogen-bond donors (Lipinski definition) is 1. The lowest BCUT2D eigenvalue weighted by Gasteiger charge is -2.33. The lowest BCUT2D eigenvalue weighted by Crippen LogP contribution is -2.49. The van der Waals surface area contributed by atoms with Gasteiger partial charge in [0.05, 0.1) is 23.9 Å². The quantitative estimate of drug-likeness (QED) is 0.700. The number of nitrogens with zero attached hydrogens (tertiary/aromatic N) is 5. The van der Waals surface area contributed by atoms with Crippen molar-refractivity contribution in [3.8, 4) is 0 Å². The summed E-state index contributed by atoms with van der Waals surface area (Å²) < 4.78 is 3.02. The molecular formula is C19H21ClN6O2. The van der Waals surface area contributed by atoms with Crippen LogP contribution in [0.15, 0.2) is 53.5 Å². The lowest BCUT2D eigenvalue weighted by atomic mass is 10.3. The second-order valence-electron chi connectivity index (χ2n) is 6.77. The molecule has 28 heavy (non-hydrogen) atoms. The summed E-state index contributed by atoms with van der Waals surface area (Å²) in [5, 5.41) is 7.74. The van der Waals surface area contributed by atoms with Gasteiger partial charge in [-0.25, -0.2) is 4.79 Å². The summed E-state index contributed by atoms with van der Waals surface area (Å²) in [4.78, 5) is 28.9. The Morgan fingerprint density at radius 2 is 1.75 bits per heavy atom. The number of halogens is 1. The van der Waals surface area contributed by atoms with Gasteiger partial charge in [0.15, 0.2) is 5.65 Å². The van der Waals surface area contributed by atoms with Crippen LogP contribution in [0, 0.1) is 0 Å². The van der Waals surface area contributed by atoms with Gasteiger partial charge in [0.2, 0.25) is 5.91 Å². The van der Waals surface area contributed by atoms with Gasteiger partial charge in [0.1, 0.15) is 0 Å². The highest BCUT2D eigenvalue weighted by Gasteiger charge is 2.20. The molecule has 0 bridgehead atoms. The molecule has 3 aromatic rings. The van der Waals surface area contributed by atoms with Crippen LogP contribution in [-0.4, -0.2) is 62.6 Å². The van der Waals surface area contributed by atoms with Gasteiger partial charge in [-0.3, -0.25) is 19.0 Å². The van der Waals surface area contributed by atoms with Crippen LogP contribution in [0.3, 0.4) is 0 Å². The van der Waals surface area contributed by atoms with Crippen LogP contribution >= 0.6 is 11.6 Å². The predicted molar refractivity (Wildman–Crippen MR) is 108 cm³/mol. The van der Waals surface area contributed by atoms with Crippen LogP contribution in [0.1, 0.15) is 0 Å². The second kappa shape index (κ2) is 8.14. The minimum absolute atomic E-state index is 0.0851. The molecule has 2 aromatic heterocycles. The summed E-state index contributed by atoms with van der Waals surface area (Å²) in [6.07, 6.45) is 1.72. The first kappa shape index (κ1) is 18.7. The fourth-order valence-electron chi connectivity index (χ4n) is 3.29. The Labute approximate surface area is 166 Å². The van der Waals surface area contributed by atoms with Crippen LogP contribution in [-0.2, 0) is 11.5 Å². The fraction of sp³-hybridized carbons (Fsp3) is 0.316. The molecule has 4 rings (SSSR count). The van der Waals surface area contributed by atoms with E-state index in [9.17, 15) is 9.59 Å². The number of rotatable bonds is 5. The summed E-state index contributed by atoms with van der Waals surface area (Å²) in [5.41, 5.74) is 1.12. The van der Waals surface area contributed by atoms with Gasteiger partial charge in [-0.1, -0.05) is 29.8 Å². The first-order valence-electron chi connectivity index (χ1n) is 9.13. The molecule has 9 heteroatoms. The first-order chi connectivity index (χ1) is 13.6. The fourth-order valence-corrected chi connectivity index (χ4v) is 3.48. The van der Waals surface area contributed by atoms with Crippen molar-refractivity contribution in [1.82, 2.24) is 24.0 Å². The third kappa shape index (κ3) is 4.09. The predicted octanol–water partition coefficient (Wildman–Crippen LogP) is 1.36. The van der Waals surface area contributed by atoms with Crippen molar-refractivity contribution in [3.63, 3.8) is 0 Å². The van der Waals surface area contributed by atoms with Gasteiger partial charge < -0.3 is 5.32 Å². The number of anilines is 1. The normalized spacial score (nSPS) is 15.8. The first-order valence-corrected chi connectivity index (χ1v) is 9.51. The number of pyridine rings is 1. The van der Waals surface area contributed by atoms with Crippen LogP contribution in [0.5, 0.6) is 0 Å². The number of amides is 1. The van der Waals surface area contributed by atoms with Crippen molar-refractivity contribution in [2.24, 2.45) is 0 Å². The van der Waals surface area contributed by atoms with E-state index in [0.29, 0.717) is 29.6 Å². The van der Waals surface area contributed by atoms with Crippen molar-refractivity contribution in [2.45, 2.75) is 6.67 Å². The van der Waals surface area contributed by atoms with E-state index < -0.39 is 0 Å². The van der Waals surface area contributed by atoms with Crippen molar-refractivity contribution >= 4 is 28.8 Å². The zero-order chi connectivity index (χ0) is 19.5. The Hall–Kier alpha value is -2.68. The van der Waals surface area contributed by atoms with E-state index in [1.165, 1.54) is 9.08 Å². The van der Waals surface area contributed by atoms with Crippen molar-refractivity contribution in [1.29, 1.82) is 0 Å². The SMILES string of the molecule is O=C(CN1CCN(Cn2nc3ccccn3c2=O)CC1)Nc1ccccc1Cl. The zero-order valence-electron chi connectivity index (χ0n) is 15.3. The molecule has 1 fully saturated rings. The highest BCUT2D eigenvalue weighted by molar-refractivity contribution is 6.33. The Bertz CT molecular complexity index is 1040. The summed E-state index contributed by atoms with van der Waals surface area (Å²) in [5.74, 6) is -0.0851. The van der Waals surface area contributed by atoms with Gasteiger partial charge in [0.25, 0.3) is 0 Å². The van der Waals surface area contributed by atoms with Crippen molar-refractivity contribution in [3.05, 3.63) is 64.2 Å². The second-order valence-corrected chi connectivity index (χ2v) is 7.18. The molecule has 0 unspecified atom stereocenters. The third-order valence-corrected chi connectivity index (χ3v) is 5.13. The Balaban J connectivity index is 1.29. The number of fused-ring (bicyclic) bond motifs is 1. The van der Waals surface area contributed by atoms with Gasteiger partial charge in [-0.2, -0.15) is 4.68 Å². The topological polar surface area (TPSA) is 74.9 Å². The van der Waals surface area contributed by atoms with E-state index in [0.717, 1.165) is 26.2 Å². The molecule has 0 aliphatic carbocycles. The third-order valence-electron chi connectivity index (χ3n) is 4.80. The number of carbonyl (C=O) groups excluding carboxylic acids is 1. The van der Waals surface area contributed by atoms with Gasteiger partial charge >= 0.3 is 5.69 Å². The number of nitrogens with one attached hydrogen (secondary N) is 1. The molecule has 8 nitrogen and oxygen atoms in total. The van der Waals surface area contributed by atoms with Crippen LogP contribution in [0.2, 0.25) is 5.02 Å². The van der Waals surface area contributed by atoms with E-state index in [1.54, 1.807) is 18.3 Å². The summed E-state index contributed by atoms with van der Waals surface area (Å²) in [6, 6.07) is 12.7. The minimum Gasteiger partial charge on any atom is -0.324 e. The smallest absolute Gasteiger partial charge is 0.324 e. The number of carbonyl (C=O) groups is 1. The average Bonchev–Trinajstić information content (AvgIpc) is 3.01. The van der Waals surface area contributed by atoms with E-state index in [1.807, 2.05) is 30.3 Å². The maximum Gasteiger partial charge on any atom is 0.351 e. The molecule has 0 atom stereocenters. The van der Waals surface area contributed by atoms with E-state index in [2.05, 4.69) is 20.2 Å². The molecule has 0 saturated carbocycles. The Morgan fingerprint density at radius 1 is 1.04 bits per heavy atom. The molecule has 1 saturated heterocycles. The number of para-hydroxylation sites is 1. The molecule has 1 aliphatic rings. The largest absolute Gasteiger partial charge is 0.351 e. The van der Waals surface area contributed by atoms with Crippen molar-refractivity contribution < 1.29 is 4.79 Å². The molecule has 1 amide bonds. The van der Waals surface area contributed by atoms with Crippen molar-refractivity contribution in [2.75, 3.05) is 38.0 Å². The molecule has 146 valence electrons. The number of piperazine rings is 1. The van der Waals surface area contributed by atoms with Crippen LogP contribution < -0.4 is 11.0 Å². The van der Waals surface area contributed by atoms with E-state index >= 15 is 0 Å². The van der Waals surface area contributed by atoms with Gasteiger partial charge in [-0.15, -0.1) is 5.10 Å². The molecular weight excluding hydrogens is 380 g/mol. The van der Waals surface area contributed by atoms with Gasteiger partial charge in [-0.05, 0) is 24.3 Å². The highest BCUT2D eigenvalue weighted by Crippen LogP contribution is 2.20. The number of aromatic nitrogens is 3. The number of benzene rings is 1. The standard InChI is InChI=1S/C19H21ClN6O2/c20-15-5-1-2-6-16(15)21-18(27)13-23-9-11-24(12-10-23)14-26-19(28)25-8-4-3-7-17(25)22-26/h1-8H,9-14H2,(H,21,27).